The predicted molar refractivity (Wildman–Crippen MR) is 405 cm³/mol. The quantitative estimate of drug-likeness (QED) is 0.0477. The normalized spacial score (nSPS) is 16.1. The lowest BCUT2D eigenvalue weighted by atomic mass is 10.0. The van der Waals surface area contributed by atoms with Crippen molar-refractivity contribution >= 4 is 0 Å². The zero-order valence-electron chi connectivity index (χ0n) is 60.1. The Balaban J connectivity index is 0.000000180. The largest absolute Gasteiger partial charge is 0.508 e. The van der Waals surface area contributed by atoms with E-state index in [4.69, 9.17) is 62.7 Å². The molecule has 5 fully saturated rings. The molecule has 0 aliphatic carbocycles. The monoisotopic (exact) mass is 1390 g/mol. The van der Waals surface area contributed by atoms with Crippen LogP contribution in [0, 0.1) is 0 Å². The maximum Gasteiger partial charge on any atom is 0.122 e. The fraction of sp³-hybridized carbons (Fsp3) is 0.310. The molecule has 0 bridgehead atoms. The summed E-state index contributed by atoms with van der Waals surface area (Å²) in [6.07, 6.45) is 1.69. The maximum absolute atomic E-state index is 9.28. The Morgan fingerprint density at radius 2 is 0.431 bits per heavy atom. The molecule has 0 radical (unpaired) electrons. The van der Waals surface area contributed by atoms with Crippen molar-refractivity contribution in [3.8, 4) is 57.5 Å². The zero-order chi connectivity index (χ0) is 72.9. The topological polar surface area (TPSA) is 210 Å². The third-order valence-corrected chi connectivity index (χ3v) is 14.9. The van der Waals surface area contributed by atoms with Gasteiger partial charge in [-0.25, -0.2) is 0 Å². The minimum Gasteiger partial charge on any atom is -0.508 e. The van der Waals surface area contributed by atoms with Crippen LogP contribution in [-0.4, -0.2) is 122 Å². The summed E-state index contributed by atoms with van der Waals surface area (Å²) in [7, 11) is 0. The van der Waals surface area contributed by atoms with E-state index in [0.717, 1.165) is 72.9 Å². The third kappa shape index (κ3) is 37.4. The number of rotatable bonds is 19. The van der Waals surface area contributed by atoms with Gasteiger partial charge in [0.2, 0.25) is 0 Å². The predicted octanol–water partition coefficient (Wildman–Crippen LogP) is 18.8. The average Bonchev–Trinajstić information content (AvgIpc) is 1.68. The van der Waals surface area contributed by atoms with Gasteiger partial charge in [-0.2, -0.15) is 0 Å². The van der Waals surface area contributed by atoms with Gasteiger partial charge in [-0.3, -0.25) is 0 Å². The number of benzene rings is 10. The average molecular weight is 1390 g/mol. The second-order valence-corrected chi connectivity index (χ2v) is 25.1. The molecule has 0 spiro atoms. The van der Waals surface area contributed by atoms with Crippen molar-refractivity contribution < 1.29 is 72.9 Å². The van der Waals surface area contributed by atoms with Gasteiger partial charge in [0.15, 0.2) is 0 Å². The van der Waals surface area contributed by atoms with Crippen molar-refractivity contribution in [1.82, 2.24) is 0 Å². The van der Waals surface area contributed by atoms with E-state index in [1.165, 1.54) is 11.1 Å². The van der Waals surface area contributed by atoms with E-state index in [1.807, 2.05) is 170 Å². The number of hydrogen-bond donors (Lipinski definition) is 5. The first-order valence-corrected chi connectivity index (χ1v) is 34.8. The SMILES string of the molecule is CC(C)c1ccccc1O.CC(C)c1ccccc1O.CC(C)c1ccccc1OCC1CO1.CC(C)c1ccccc1OCC1CO1.Oc1ccccc1.Oc1ccccc1.Oc1ccccc1.c1ccc(OCC2CO2)cc1.c1ccc(OCC2CO2)cc1.c1ccc(OCC2CO2)cc1. The van der Waals surface area contributed by atoms with Crippen molar-refractivity contribution in [3.05, 3.63) is 301 Å². The fourth-order valence-electron chi connectivity index (χ4n) is 8.72. The smallest absolute Gasteiger partial charge is 0.122 e. The minimum absolute atomic E-state index is 0.322. The molecular formula is C87H104O15. The number of epoxide rings is 5. The summed E-state index contributed by atoms with van der Waals surface area (Å²) >= 11 is 0. The molecule has 5 unspecified atom stereocenters. The molecule has 5 saturated heterocycles. The second kappa shape index (κ2) is 47.2. The lowest BCUT2D eigenvalue weighted by molar-refractivity contribution is 0.260. The van der Waals surface area contributed by atoms with E-state index in [0.29, 0.717) is 116 Å². The molecular weight excluding hydrogens is 1280 g/mol. The van der Waals surface area contributed by atoms with Gasteiger partial charge in [0, 0.05) is 0 Å². The van der Waals surface area contributed by atoms with Gasteiger partial charge in [0.25, 0.3) is 0 Å². The highest BCUT2D eigenvalue weighted by molar-refractivity contribution is 5.38. The Kier molecular flexibility index (Phi) is 37.4. The lowest BCUT2D eigenvalue weighted by Crippen LogP contribution is -2.06. The molecule has 10 aromatic carbocycles. The van der Waals surface area contributed by atoms with Crippen molar-refractivity contribution in [2.24, 2.45) is 0 Å². The Bertz CT molecular complexity index is 3390. The van der Waals surface area contributed by atoms with E-state index in [1.54, 1.807) is 84.9 Å². The van der Waals surface area contributed by atoms with Crippen LogP contribution in [-0.2, 0) is 23.7 Å². The summed E-state index contributed by atoms with van der Waals surface area (Å²) in [5.41, 5.74) is 4.58. The van der Waals surface area contributed by atoms with Crippen molar-refractivity contribution in [1.29, 1.82) is 0 Å². The van der Waals surface area contributed by atoms with Crippen LogP contribution in [0.3, 0.4) is 0 Å². The van der Waals surface area contributed by atoms with E-state index in [9.17, 15) is 10.2 Å². The molecule has 15 nitrogen and oxygen atoms in total. The molecule has 5 aliphatic rings. The van der Waals surface area contributed by atoms with E-state index in [2.05, 4.69) is 79.7 Å². The van der Waals surface area contributed by atoms with Crippen molar-refractivity contribution in [3.63, 3.8) is 0 Å². The highest BCUT2D eigenvalue weighted by Gasteiger charge is 2.26. The molecule has 0 amide bonds. The van der Waals surface area contributed by atoms with Crippen molar-refractivity contribution in [2.45, 2.75) is 110 Å². The van der Waals surface area contributed by atoms with Gasteiger partial charge in [-0.05, 0) is 143 Å². The minimum atomic E-state index is 0.322. The summed E-state index contributed by atoms with van der Waals surface area (Å²) < 4.78 is 52.8. The molecule has 10 aromatic rings. The number of ether oxygens (including phenoxy) is 10. The molecule has 542 valence electrons. The van der Waals surface area contributed by atoms with Crippen LogP contribution >= 0.6 is 0 Å². The first-order chi connectivity index (χ1) is 49.5. The molecule has 0 saturated carbocycles. The molecule has 0 aromatic heterocycles. The molecule has 5 N–H and O–H groups in total. The number of phenols is 5. The Labute approximate surface area is 604 Å². The molecule has 5 atom stereocenters. The Morgan fingerprint density at radius 1 is 0.245 bits per heavy atom. The number of aromatic hydroxyl groups is 5. The van der Waals surface area contributed by atoms with Crippen LogP contribution in [0.15, 0.2) is 279 Å². The van der Waals surface area contributed by atoms with Crippen LogP contribution in [0.2, 0.25) is 0 Å². The van der Waals surface area contributed by atoms with Gasteiger partial charge in [-0.15, -0.1) is 0 Å². The van der Waals surface area contributed by atoms with Crippen LogP contribution in [0.25, 0.3) is 0 Å². The number of hydrogen-bond acceptors (Lipinski definition) is 15. The van der Waals surface area contributed by atoms with Gasteiger partial charge in [0.05, 0.1) is 33.0 Å². The van der Waals surface area contributed by atoms with E-state index in [-0.39, 0.29) is 0 Å². The summed E-state index contributed by atoms with van der Waals surface area (Å²) in [5, 5.41) is 44.5. The third-order valence-electron chi connectivity index (χ3n) is 14.9. The summed E-state index contributed by atoms with van der Waals surface area (Å²) in [5.74, 6) is 8.34. The highest BCUT2D eigenvalue weighted by atomic mass is 16.6. The second-order valence-electron chi connectivity index (χ2n) is 25.1. The van der Waals surface area contributed by atoms with E-state index < -0.39 is 0 Å². The van der Waals surface area contributed by atoms with Gasteiger partial charge >= 0.3 is 0 Å². The van der Waals surface area contributed by atoms with Crippen LogP contribution < -0.4 is 23.7 Å². The summed E-state index contributed by atoms with van der Waals surface area (Å²) in [4.78, 5) is 0. The fourth-order valence-corrected chi connectivity index (χ4v) is 8.72. The summed E-state index contributed by atoms with van der Waals surface area (Å²) in [6.45, 7) is 24.6. The standard InChI is InChI=1S/2C12H16O2.3C9H10O2.2C9H12O.3C6H6O/c2*1-9(2)11-5-3-4-6-12(11)14-8-10-7-13-10;3*1-2-4-8(5-3-1)10-6-9-7-11-9;2*1-7(2)8-5-3-4-6-9(8)10;3*7-6-4-2-1-3-5-6/h2*3-6,9-10H,7-8H2,1-2H3;3*1-5,9H,6-7H2;2*3-7,10H,1-2H3;3*1-5,7H. The molecule has 5 aliphatic heterocycles. The number of para-hydroxylation sites is 10. The molecule has 5 heterocycles. The molecule has 15 rings (SSSR count). The molecule has 15 heteroatoms. The first-order valence-electron chi connectivity index (χ1n) is 34.8. The van der Waals surface area contributed by atoms with Gasteiger partial charge < -0.3 is 72.9 Å². The maximum atomic E-state index is 9.28. The van der Waals surface area contributed by atoms with Crippen LogP contribution in [0.4, 0.5) is 0 Å². The van der Waals surface area contributed by atoms with E-state index >= 15 is 0 Å². The van der Waals surface area contributed by atoms with Crippen LogP contribution in [0.1, 0.15) is 101 Å². The lowest BCUT2D eigenvalue weighted by Gasteiger charge is -2.12. The highest BCUT2D eigenvalue weighted by Crippen LogP contribution is 2.29. The van der Waals surface area contributed by atoms with Crippen LogP contribution in [0.5, 0.6) is 57.5 Å². The molecule has 102 heavy (non-hydrogen) atoms. The Hall–Kier alpha value is -10.0. The van der Waals surface area contributed by atoms with Gasteiger partial charge in [0.1, 0.15) is 121 Å². The zero-order valence-corrected chi connectivity index (χ0v) is 60.1. The van der Waals surface area contributed by atoms with Crippen molar-refractivity contribution in [2.75, 3.05) is 66.1 Å². The number of phenolic OH excluding ortho intramolecular Hbond substituents is 5. The summed E-state index contributed by atoms with van der Waals surface area (Å²) in [6, 6.07) is 86.8. The first kappa shape index (κ1) is 81.0. The van der Waals surface area contributed by atoms with Gasteiger partial charge in [-0.1, -0.05) is 237 Å². The Morgan fingerprint density at radius 3 is 0.618 bits per heavy atom.